The number of aromatic nitrogens is 1. The van der Waals surface area contributed by atoms with Gasteiger partial charge in [-0.1, -0.05) is 54.1 Å². The van der Waals surface area contributed by atoms with Gasteiger partial charge in [-0.05, 0) is 143 Å². The van der Waals surface area contributed by atoms with Crippen LogP contribution < -0.4 is 25.2 Å². The molecule has 6 aromatic rings. The lowest BCUT2D eigenvalue weighted by atomic mass is 9.95. The molecule has 0 radical (unpaired) electrons. The summed E-state index contributed by atoms with van der Waals surface area (Å²) in [5, 5.41) is 19.8. The van der Waals surface area contributed by atoms with Crippen molar-refractivity contribution in [1.29, 1.82) is 0 Å². The maximum Gasteiger partial charge on any atom is 0.293 e. The van der Waals surface area contributed by atoms with Gasteiger partial charge in [-0.15, -0.1) is 11.8 Å². The highest BCUT2D eigenvalue weighted by molar-refractivity contribution is 7.99. The van der Waals surface area contributed by atoms with Gasteiger partial charge in [0.15, 0.2) is 0 Å². The van der Waals surface area contributed by atoms with E-state index in [1.54, 1.807) is 23.9 Å². The Morgan fingerprint density at radius 2 is 1.43 bits per heavy atom. The topological polar surface area (TPSA) is 152 Å². The van der Waals surface area contributed by atoms with Crippen molar-refractivity contribution >= 4 is 67.7 Å². The molecular formula is C57H69ClN10O5S2. The fourth-order valence-corrected chi connectivity index (χ4v) is 12.6. The molecule has 3 N–H and O–H groups in total. The first-order valence-electron chi connectivity index (χ1n) is 26.1. The van der Waals surface area contributed by atoms with Crippen LogP contribution in [0.3, 0.4) is 0 Å². The van der Waals surface area contributed by atoms with Crippen LogP contribution in [0.15, 0.2) is 131 Å². The molecule has 4 heterocycles. The Labute approximate surface area is 451 Å². The summed E-state index contributed by atoms with van der Waals surface area (Å²) in [6.45, 7) is 13.7. The number of nitrogens with one attached hydrogen (secondary N) is 3. The van der Waals surface area contributed by atoms with E-state index in [0.29, 0.717) is 34.3 Å². The first-order valence-corrected chi connectivity index (χ1v) is 29.0. The van der Waals surface area contributed by atoms with Crippen LogP contribution in [-0.4, -0.2) is 142 Å². The van der Waals surface area contributed by atoms with Crippen LogP contribution >= 0.6 is 23.4 Å². The van der Waals surface area contributed by atoms with Crippen LogP contribution in [0, 0.1) is 17.0 Å². The van der Waals surface area contributed by atoms with E-state index in [0.717, 1.165) is 142 Å². The molecule has 9 rings (SSSR count). The molecule has 0 unspecified atom stereocenters. The van der Waals surface area contributed by atoms with Gasteiger partial charge in [0.1, 0.15) is 5.69 Å². The van der Waals surface area contributed by atoms with Gasteiger partial charge in [0.05, 0.1) is 21.1 Å². The second kappa shape index (κ2) is 24.7. The van der Waals surface area contributed by atoms with Gasteiger partial charge < -0.3 is 39.7 Å². The summed E-state index contributed by atoms with van der Waals surface area (Å²) >= 11 is 8.05. The second-order valence-corrected chi connectivity index (χ2v) is 23.1. The summed E-state index contributed by atoms with van der Waals surface area (Å²) in [7, 11) is 0.00765. The normalized spacial score (nSPS) is 16.3. The molecule has 5 aromatic carbocycles. The molecule has 3 aliphatic rings. The zero-order valence-electron chi connectivity index (χ0n) is 43.2. The molecular weight excluding hydrogens is 1000 g/mol. The summed E-state index contributed by atoms with van der Waals surface area (Å²) < 4.78 is 32.3. The Kier molecular flexibility index (Phi) is 17.7. The van der Waals surface area contributed by atoms with E-state index in [2.05, 4.69) is 87.9 Å². The largest absolute Gasteiger partial charge is 0.376 e. The maximum atomic E-state index is 14.2. The fraction of sp³-hybridized carbons (Fsp3) is 0.386. The summed E-state index contributed by atoms with van der Waals surface area (Å²) in [4.78, 5) is 39.0. The number of amides is 1. The van der Waals surface area contributed by atoms with Crippen LogP contribution in [0.2, 0.25) is 5.02 Å². The monoisotopic (exact) mass is 1070 g/mol. The Morgan fingerprint density at radius 3 is 2.12 bits per heavy atom. The van der Waals surface area contributed by atoms with Crippen molar-refractivity contribution in [3.8, 4) is 22.4 Å². The second-order valence-electron chi connectivity index (χ2n) is 19.9. The van der Waals surface area contributed by atoms with Gasteiger partial charge in [0, 0.05) is 129 Å². The number of nitro groups is 1. The van der Waals surface area contributed by atoms with E-state index in [-0.39, 0.29) is 22.5 Å². The van der Waals surface area contributed by atoms with Crippen molar-refractivity contribution in [2.24, 2.45) is 7.05 Å². The quantitative estimate of drug-likeness (QED) is 0.0273. The predicted molar refractivity (Wildman–Crippen MR) is 307 cm³/mol. The molecule has 1 amide bonds. The zero-order valence-corrected chi connectivity index (χ0v) is 45.6. The average Bonchev–Trinajstić information content (AvgIpc) is 4.08. The lowest BCUT2D eigenvalue weighted by molar-refractivity contribution is -0.384. The molecule has 15 nitrogen and oxygen atoms in total. The summed E-state index contributed by atoms with van der Waals surface area (Å²) in [5.74, 6) is 0.612. The van der Waals surface area contributed by atoms with Gasteiger partial charge in [0.2, 0.25) is 0 Å². The minimum absolute atomic E-state index is 0.0801. The smallest absolute Gasteiger partial charge is 0.293 e. The number of likely N-dealkylation sites (N-methyl/N-ethyl adjacent to an activating group) is 1. The molecule has 0 spiro atoms. The van der Waals surface area contributed by atoms with Crippen LogP contribution in [-0.2, 0) is 17.1 Å². The van der Waals surface area contributed by atoms with Gasteiger partial charge >= 0.3 is 0 Å². The van der Waals surface area contributed by atoms with Crippen molar-refractivity contribution in [2.45, 2.75) is 48.4 Å². The van der Waals surface area contributed by atoms with Crippen molar-refractivity contribution in [1.82, 2.24) is 24.6 Å². The SMILES string of the molecule is Cc1c(C(=O)NCCCN2CCN(C)CC2)c(-c2cccc(N3CCN(c4ccc(NS(=O)(=O)c5ccc(N[C@H](CCN6CCCC6)CSc6ccccc6)c([N+](=O)[O-])c5)cc4)CC3)c2)c(-c2ccc(Cl)cc2)n1C. The molecule has 0 saturated carbocycles. The number of thioether (sulfide) groups is 1. The third kappa shape index (κ3) is 13.5. The van der Waals surface area contributed by atoms with E-state index >= 15 is 0 Å². The molecule has 3 aliphatic heterocycles. The van der Waals surface area contributed by atoms with E-state index in [9.17, 15) is 23.3 Å². The van der Waals surface area contributed by atoms with Crippen molar-refractivity contribution in [2.75, 3.05) is 118 Å². The van der Waals surface area contributed by atoms with E-state index in [1.165, 1.54) is 25.0 Å². The highest BCUT2D eigenvalue weighted by Gasteiger charge is 2.28. The number of likely N-dealkylation sites (tertiary alicyclic amines) is 1. The number of anilines is 4. The summed E-state index contributed by atoms with van der Waals surface area (Å²) in [6.07, 6.45) is 4.03. The Bertz CT molecular complexity index is 3010. The lowest BCUT2D eigenvalue weighted by Gasteiger charge is -2.37. The highest BCUT2D eigenvalue weighted by Crippen LogP contribution is 2.41. The molecule has 1 aromatic heterocycles. The number of hydrogen-bond donors (Lipinski definition) is 3. The van der Waals surface area contributed by atoms with Gasteiger partial charge in [-0.25, -0.2) is 8.42 Å². The summed E-state index contributed by atoms with van der Waals surface area (Å²) in [5.41, 5.74) is 7.69. The molecule has 0 aliphatic carbocycles. The number of benzene rings is 5. The first-order chi connectivity index (χ1) is 36.3. The third-order valence-corrected chi connectivity index (χ3v) is 17.7. The number of hydrogen-bond acceptors (Lipinski definition) is 12. The fourth-order valence-electron chi connectivity index (χ4n) is 10.4. The van der Waals surface area contributed by atoms with E-state index in [4.69, 9.17) is 11.6 Å². The molecule has 396 valence electrons. The molecule has 0 bridgehead atoms. The van der Waals surface area contributed by atoms with Gasteiger partial charge in [-0.3, -0.25) is 19.6 Å². The van der Waals surface area contributed by atoms with Crippen molar-refractivity contribution in [3.05, 3.63) is 148 Å². The summed E-state index contributed by atoms with van der Waals surface area (Å²) in [6, 6.07) is 37.6. The number of sulfonamides is 1. The first kappa shape index (κ1) is 53.7. The number of carbonyl (C=O) groups is 1. The Morgan fingerprint density at radius 1 is 0.747 bits per heavy atom. The zero-order chi connectivity index (χ0) is 52.5. The number of halogens is 1. The number of piperazine rings is 2. The van der Waals surface area contributed by atoms with Gasteiger partial charge in [0.25, 0.3) is 21.6 Å². The van der Waals surface area contributed by atoms with Crippen LogP contribution in [0.1, 0.15) is 41.7 Å². The van der Waals surface area contributed by atoms with Crippen LogP contribution in [0.5, 0.6) is 0 Å². The molecule has 18 heteroatoms. The lowest BCUT2D eigenvalue weighted by Crippen LogP contribution is -2.46. The Hall–Kier alpha value is -6.08. The molecule has 75 heavy (non-hydrogen) atoms. The van der Waals surface area contributed by atoms with Crippen molar-refractivity contribution < 1.29 is 18.1 Å². The predicted octanol–water partition coefficient (Wildman–Crippen LogP) is 9.78. The standard InChI is InChI=1S/C57H69ClN10O5S2/c1-42-54(57(69)59-26-10-29-65-33-31-62(2)32-34-65)55(56(63(42)3)43-15-17-45(58)18-16-43)44-11-9-12-49(39-44)67-37-35-66(36-38-67)48-21-19-46(20-22-48)61-75(72,73)51-23-24-52(53(40-51)68(70)71)60-47(25-30-64-27-7-8-28-64)41-74-50-13-5-4-6-14-50/h4-6,9,11-24,39-40,47,60-61H,7-8,10,25-38,41H2,1-3H3,(H,59,69)/t47-/m1/s1. The minimum Gasteiger partial charge on any atom is -0.376 e. The third-order valence-electron chi connectivity index (χ3n) is 14.9. The molecule has 3 fully saturated rings. The maximum absolute atomic E-state index is 14.2. The average molecular weight is 1070 g/mol. The number of nitrogens with zero attached hydrogens (tertiary/aromatic N) is 7. The number of rotatable bonds is 21. The minimum atomic E-state index is -4.17. The Balaban J connectivity index is 0.845. The van der Waals surface area contributed by atoms with Crippen LogP contribution in [0.25, 0.3) is 22.4 Å². The number of carbonyl (C=O) groups excluding carboxylic acids is 1. The van der Waals surface area contributed by atoms with Crippen LogP contribution in [0.4, 0.5) is 28.4 Å². The molecule has 3 saturated heterocycles. The number of nitro benzene ring substituents is 1. The van der Waals surface area contributed by atoms with E-state index < -0.39 is 14.9 Å². The van der Waals surface area contributed by atoms with Crippen molar-refractivity contribution in [3.63, 3.8) is 0 Å². The molecule has 1 atom stereocenters. The highest BCUT2D eigenvalue weighted by atomic mass is 35.5. The van der Waals surface area contributed by atoms with Gasteiger partial charge in [-0.2, -0.15) is 0 Å². The van der Waals surface area contributed by atoms with E-state index in [1.807, 2.05) is 68.6 Å².